The van der Waals surface area contributed by atoms with E-state index in [1.165, 1.54) is 5.56 Å². The summed E-state index contributed by atoms with van der Waals surface area (Å²) < 4.78 is 10.9. The van der Waals surface area contributed by atoms with Gasteiger partial charge in [-0.15, -0.1) is 0 Å². The first-order chi connectivity index (χ1) is 10.3. The van der Waals surface area contributed by atoms with Gasteiger partial charge >= 0.3 is 0 Å². The van der Waals surface area contributed by atoms with Crippen LogP contribution in [0.25, 0.3) is 0 Å². The second-order valence-electron chi connectivity index (χ2n) is 4.97. The summed E-state index contributed by atoms with van der Waals surface area (Å²) in [5.41, 5.74) is 1.21. The molecule has 21 heavy (non-hydrogen) atoms. The summed E-state index contributed by atoms with van der Waals surface area (Å²) in [5, 5.41) is 7.28. The zero-order chi connectivity index (χ0) is 14.9. The molecule has 1 N–H and O–H groups in total. The second-order valence-corrected chi connectivity index (χ2v) is 4.97. The van der Waals surface area contributed by atoms with Gasteiger partial charge in [0, 0.05) is 13.0 Å². The largest absolute Gasteiger partial charge is 0.484 e. The van der Waals surface area contributed by atoms with Gasteiger partial charge in [0.05, 0.1) is 0 Å². The third-order valence-electron chi connectivity index (χ3n) is 3.00. The van der Waals surface area contributed by atoms with Gasteiger partial charge in [0.1, 0.15) is 5.75 Å². The van der Waals surface area contributed by atoms with Gasteiger partial charge in [0.25, 0.3) is 5.89 Å². The number of hydrogen-bond donors (Lipinski definition) is 1. The standard InChI is InChI=1S/C16H23N3O2/c1-3-6-15-18-16(21-19-15)12-20-14-8-5-7-13(10-14)11-17-9-4-2/h5,7-8,10,17H,3-4,6,9,11-12H2,1-2H3. The molecule has 0 unspecified atom stereocenters. The van der Waals surface area contributed by atoms with E-state index in [2.05, 4.69) is 35.4 Å². The maximum Gasteiger partial charge on any atom is 0.264 e. The molecule has 2 aromatic rings. The number of nitrogens with one attached hydrogen (secondary N) is 1. The van der Waals surface area contributed by atoms with Crippen LogP contribution in [0.5, 0.6) is 5.75 Å². The summed E-state index contributed by atoms with van der Waals surface area (Å²) in [5.74, 6) is 2.09. The highest BCUT2D eigenvalue weighted by molar-refractivity contribution is 5.28. The van der Waals surface area contributed by atoms with Crippen molar-refractivity contribution in [3.8, 4) is 5.75 Å². The van der Waals surface area contributed by atoms with Gasteiger partial charge in [-0.3, -0.25) is 0 Å². The Morgan fingerprint density at radius 3 is 2.95 bits per heavy atom. The van der Waals surface area contributed by atoms with Crippen LogP contribution in [0.1, 0.15) is 44.0 Å². The third kappa shape index (κ3) is 5.19. The van der Waals surface area contributed by atoms with E-state index in [0.29, 0.717) is 12.5 Å². The molecule has 0 spiro atoms. The van der Waals surface area contributed by atoms with Crippen molar-refractivity contribution in [3.05, 3.63) is 41.5 Å². The molecule has 5 heteroatoms. The predicted octanol–water partition coefficient (Wildman–Crippen LogP) is 3.10. The molecule has 0 fully saturated rings. The minimum absolute atomic E-state index is 0.308. The number of benzene rings is 1. The lowest BCUT2D eigenvalue weighted by Crippen LogP contribution is -2.13. The molecule has 0 saturated heterocycles. The SMILES string of the molecule is CCCNCc1cccc(OCc2nc(CCC)no2)c1. The van der Waals surface area contributed by atoms with Crippen LogP contribution in [0.3, 0.4) is 0 Å². The third-order valence-corrected chi connectivity index (χ3v) is 3.00. The van der Waals surface area contributed by atoms with E-state index in [9.17, 15) is 0 Å². The van der Waals surface area contributed by atoms with Crippen LogP contribution in [-0.4, -0.2) is 16.7 Å². The predicted molar refractivity (Wildman–Crippen MR) is 81.1 cm³/mol. The Morgan fingerprint density at radius 1 is 1.24 bits per heavy atom. The average molecular weight is 289 g/mol. The van der Waals surface area contributed by atoms with Crippen molar-refractivity contribution in [2.75, 3.05) is 6.54 Å². The Morgan fingerprint density at radius 2 is 2.14 bits per heavy atom. The van der Waals surface area contributed by atoms with Crippen LogP contribution in [0.15, 0.2) is 28.8 Å². The molecule has 5 nitrogen and oxygen atoms in total. The minimum Gasteiger partial charge on any atom is -0.484 e. The normalized spacial score (nSPS) is 10.8. The first kappa shape index (κ1) is 15.5. The van der Waals surface area contributed by atoms with Gasteiger partial charge in [-0.2, -0.15) is 4.98 Å². The molecular formula is C16H23N3O2. The van der Waals surface area contributed by atoms with Gasteiger partial charge in [0.15, 0.2) is 12.4 Å². The van der Waals surface area contributed by atoms with Crippen LogP contribution in [0, 0.1) is 0 Å². The average Bonchev–Trinajstić information content (AvgIpc) is 2.94. The lowest BCUT2D eigenvalue weighted by molar-refractivity contribution is 0.242. The van der Waals surface area contributed by atoms with E-state index in [-0.39, 0.29) is 0 Å². The van der Waals surface area contributed by atoms with Gasteiger partial charge in [-0.05, 0) is 37.1 Å². The fourth-order valence-electron chi connectivity index (χ4n) is 1.97. The molecule has 1 aromatic heterocycles. The molecule has 1 aromatic carbocycles. The number of rotatable bonds is 9. The fourth-order valence-corrected chi connectivity index (χ4v) is 1.97. The highest BCUT2D eigenvalue weighted by atomic mass is 16.5. The summed E-state index contributed by atoms with van der Waals surface area (Å²) in [6.07, 6.45) is 2.97. The Kier molecular flexibility index (Phi) is 6.22. The lowest BCUT2D eigenvalue weighted by Gasteiger charge is -2.07. The van der Waals surface area contributed by atoms with E-state index in [1.54, 1.807) is 0 Å². The van der Waals surface area contributed by atoms with E-state index in [1.807, 2.05) is 18.2 Å². The van der Waals surface area contributed by atoms with E-state index in [4.69, 9.17) is 9.26 Å². The smallest absolute Gasteiger partial charge is 0.264 e. The van der Waals surface area contributed by atoms with Gasteiger partial charge in [-0.25, -0.2) is 0 Å². The van der Waals surface area contributed by atoms with Gasteiger partial charge in [0.2, 0.25) is 0 Å². The van der Waals surface area contributed by atoms with Crippen LogP contribution in [-0.2, 0) is 19.6 Å². The zero-order valence-corrected chi connectivity index (χ0v) is 12.8. The molecular weight excluding hydrogens is 266 g/mol. The molecule has 2 rings (SSSR count). The fraction of sp³-hybridized carbons (Fsp3) is 0.500. The summed E-state index contributed by atoms with van der Waals surface area (Å²) in [4.78, 5) is 4.28. The number of aryl methyl sites for hydroxylation is 1. The van der Waals surface area contributed by atoms with E-state index < -0.39 is 0 Å². The van der Waals surface area contributed by atoms with Crippen LogP contribution in [0.2, 0.25) is 0 Å². The maximum atomic E-state index is 5.71. The Hall–Kier alpha value is -1.88. The number of hydrogen-bond acceptors (Lipinski definition) is 5. The number of nitrogens with zero attached hydrogens (tertiary/aromatic N) is 2. The second kappa shape index (κ2) is 8.42. The molecule has 0 radical (unpaired) electrons. The van der Waals surface area contributed by atoms with Crippen molar-refractivity contribution < 1.29 is 9.26 Å². The van der Waals surface area contributed by atoms with Crippen molar-refractivity contribution in [1.82, 2.24) is 15.5 Å². The minimum atomic E-state index is 0.308. The van der Waals surface area contributed by atoms with Crippen LogP contribution < -0.4 is 10.1 Å². The first-order valence-corrected chi connectivity index (χ1v) is 7.55. The monoisotopic (exact) mass is 289 g/mol. The number of aromatic nitrogens is 2. The number of ether oxygens (including phenoxy) is 1. The Balaban J connectivity index is 1.85. The molecule has 0 atom stereocenters. The first-order valence-electron chi connectivity index (χ1n) is 7.55. The van der Waals surface area contributed by atoms with Crippen molar-refractivity contribution in [1.29, 1.82) is 0 Å². The van der Waals surface area contributed by atoms with Gasteiger partial charge < -0.3 is 14.6 Å². The van der Waals surface area contributed by atoms with Crippen LogP contribution >= 0.6 is 0 Å². The van der Waals surface area contributed by atoms with Gasteiger partial charge in [-0.1, -0.05) is 31.1 Å². The highest BCUT2D eigenvalue weighted by Crippen LogP contribution is 2.15. The van der Waals surface area contributed by atoms with E-state index in [0.717, 1.165) is 43.9 Å². The Bertz CT molecular complexity index is 540. The van der Waals surface area contributed by atoms with Crippen LogP contribution in [0.4, 0.5) is 0 Å². The van der Waals surface area contributed by atoms with Crippen molar-refractivity contribution in [3.63, 3.8) is 0 Å². The molecule has 0 aliphatic rings. The van der Waals surface area contributed by atoms with E-state index >= 15 is 0 Å². The van der Waals surface area contributed by atoms with Crippen molar-refractivity contribution in [2.45, 2.75) is 46.3 Å². The summed E-state index contributed by atoms with van der Waals surface area (Å²) in [6, 6.07) is 8.05. The topological polar surface area (TPSA) is 60.2 Å². The molecule has 0 aliphatic heterocycles. The molecule has 1 heterocycles. The Labute approximate surface area is 125 Å². The maximum absolute atomic E-state index is 5.71. The quantitative estimate of drug-likeness (QED) is 0.719. The van der Waals surface area contributed by atoms with Crippen molar-refractivity contribution >= 4 is 0 Å². The van der Waals surface area contributed by atoms with Crippen molar-refractivity contribution in [2.24, 2.45) is 0 Å². The molecule has 0 amide bonds. The highest BCUT2D eigenvalue weighted by Gasteiger charge is 2.06. The molecule has 114 valence electrons. The summed E-state index contributed by atoms with van der Waals surface area (Å²) >= 11 is 0. The summed E-state index contributed by atoms with van der Waals surface area (Å²) in [7, 11) is 0. The molecule has 0 aliphatic carbocycles. The molecule has 0 bridgehead atoms. The lowest BCUT2D eigenvalue weighted by atomic mass is 10.2. The zero-order valence-electron chi connectivity index (χ0n) is 12.8. The molecule has 0 saturated carbocycles. The summed E-state index contributed by atoms with van der Waals surface area (Å²) in [6.45, 7) is 6.43.